The summed E-state index contributed by atoms with van der Waals surface area (Å²) in [5.74, 6) is -1.44. The molecule has 2 aromatic rings. The van der Waals surface area contributed by atoms with Crippen molar-refractivity contribution in [1.82, 2.24) is 9.88 Å². The maximum atomic E-state index is 12.0. The molecule has 0 radical (unpaired) electrons. The van der Waals surface area contributed by atoms with Gasteiger partial charge in [-0.2, -0.15) is 0 Å². The zero-order chi connectivity index (χ0) is 13.3. The van der Waals surface area contributed by atoms with Crippen LogP contribution in [0.1, 0.15) is 17.4 Å². The number of carbonyl (C=O) groups excluding carboxylic acids is 1. The van der Waals surface area contributed by atoms with E-state index in [1.54, 1.807) is 17.7 Å². The molecule has 0 fully saturated rings. The third-order valence-corrected chi connectivity index (χ3v) is 2.90. The molecule has 0 aliphatic heterocycles. The molecule has 18 heavy (non-hydrogen) atoms. The topological polar surface area (TPSA) is 71.3 Å². The molecule has 2 rings (SSSR count). The number of para-hydroxylation sites is 1. The summed E-state index contributed by atoms with van der Waals surface area (Å²) in [6.07, 6.45) is 0. The van der Waals surface area contributed by atoms with E-state index in [1.165, 1.54) is 6.92 Å². The van der Waals surface area contributed by atoms with Crippen molar-refractivity contribution in [2.45, 2.75) is 13.0 Å². The number of amides is 1. The SMILES string of the molecule is C[C@H](NC(=O)c1cc2ccccc2n1C)C(=O)O. The lowest BCUT2D eigenvalue weighted by Gasteiger charge is -2.09. The number of nitrogens with one attached hydrogen (secondary N) is 1. The Morgan fingerprint density at radius 2 is 2.00 bits per heavy atom. The van der Waals surface area contributed by atoms with Crippen LogP contribution in [0, 0.1) is 0 Å². The van der Waals surface area contributed by atoms with Crippen LogP contribution in [0.2, 0.25) is 0 Å². The van der Waals surface area contributed by atoms with Gasteiger partial charge in [0, 0.05) is 18.0 Å². The van der Waals surface area contributed by atoms with Crippen molar-refractivity contribution in [3.63, 3.8) is 0 Å². The Kier molecular flexibility index (Phi) is 3.06. The van der Waals surface area contributed by atoms with Gasteiger partial charge >= 0.3 is 5.97 Å². The standard InChI is InChI=1S/C13H14N2O3/c1-8(13(17)18)14-12(16)11-7-9-5-3-4-6-10(9)15(11)2/h3-8H,1-2H3,(H,14,16)(H,17,18)/t8-/m0/s1. The maximum absolute atomic E-state index is 12.0. The number of aliphatic carboxylic acids is 1. The molecule has 0 saturated carbocycles. The number of benzene rings is 1. The van der Waals surface area contributed by atoms with Gasteiger partial charge in [0.1, 0.15) is 11.7 Å². The van der Waals surface area contributed by atoms with Crippen molar-refractivity contribution in [1.29, 1.82) is 0 Å². The van der Waals surface area contributed by atoms with Crippen LogP contribution in [0.25, 0.3) is 10.9 Å². The summed E-state index contributed by atoms with van der Waals surface area (Å²) in [7, 11) is 1.78. The van der Waals surface area contributed by atoms with Gasteiger partial charge in [-0.25, -0.2) is 0 Å². The number of aromatic nitrogens is 1. The lowest BCUT2D eigenvalue weighted by Crippen LogP contribution is -2.39. The quantitative estimate of drug-likeness (QED) is 0.859. The number of rotatable bonds is 3. The molecule has 1 aromatic carbocycles. The van der Waals surface area contributed by atoms with Crippen LogP contribution >= 0.6 is 0 Å². The second-order valence-corrected chi connectivity index (χ2v) is 4.18. The van der Waals surface area contributed by atoms with Crippen molar-refractivity contribution >= 4 is 22.8 Å². The van der Waals surface area contributed by atoms with Gasteiger partial charge in [-0.15, -0.1) is 0 Å². The minimum Gasteiger partial charge on any atom is -0.480 e. The fourth-order valence-electron chi connectivity index (χ4n) is 1.84. The van der Waals surface area contributed by atoms with Crippen LogP contribution in [0.3, 0.4) is 0 Å². The van der Waals surface area contributed by atoms with E-state index in [2.05, 4.69) is 5.32 Å². The van der Waals surface area contributed by atoms with E-state index < -0.39 is 12.0 Å². The average Bonchev–Trinajstić information content (AvgIpc) is 2.67. The zero-order valence-electron chi connectivity index (χ0n) is 10.2. The molecular weight excluding hydrogens is 232 g/mol. The Labute approximate surface area is 104 Å². The molecule has 0 aliphatic carbocycles. The molecule has 5 heteroatoms. The fourth-order valence-corrected chi connectivity index (χ4v) is 1.84. The van der Waals surface area contributed by atoms with E-state index >= 15 is 0 Å². The van der Waals surface area contributed by atoms with Gasteiger partial charge in [-0.1, -0.05) is 18.2 Å². The minimum absolute atomic E-state index is 0.386. The van der Waals surface area contributed by atoms with Crippen LogP contribution in [-0.2, 0) is 11.8 Å². The van der Waals surface area contributed by atoms with Crippen molar-refractivity contribution < 1.29 is 14.7 Å². The third kappa shape index (κ3) is 2.07. The van der Waals surface area contributed by atoms with Gasteiger partial charge in [-0.05, 0) is 19.1 Å². The predicted octanol–water partition coefficient (Wildman–Crippen LogP) is 1.38. The monoisotopic (exact) mass is 246 g/mol. The van der Waals surface area contributed by atoms with Gasteiger partial charge in [-0.3, -0.25) is 9.59 Å². The number of hydrogen-bond donors (Lipinski definition) is 2. The third-order valence-electron chi connectivity index (χ3n) is 2.90. The van der Waals surface area contributed by atoms with Crippen molar-refractivity contribution in [3.05, 3.63) is 36.0 Å². The average molecular weight is 246 g/mol. The number of fused-ring (bicyclic) bond motifs is 1. The molecule has 5 nitrogen and oxygen atoms in total. The summed E-state index contributed by atoms with van der Waals surface area (Å²) in [6.45, 7) is 1.43. The van der Waals surface area contributed by atoms with Crippen LogP contribution in [0.15, 0.2) is 30.3 Å². The van der Waals surface area contributed by atoms with Crippen molar-refractivity contribution in [2.24, 2.45) is 7.05 Å². The molecule has 0 aliphatic rings. The number of aryl methyl sites for hydroxylation is 1. The summed E-state index contributed by atoms with van der Waals surface area (Å²) >= 11 is 0. The Morgan fingerprint density at radius 1 is 1.33 bits per heavy atom. The number of carboxylic acids is 1. The maximum Gasteiger partial charge on any atom is 0.325 e. The van der Waals surface area contributed by atoms with E-state index in [1.807, 2.05) is 24.3 Å². The highest BCUT2D eigenvalue weighted by Gasteiger charge is 2.18. The van der Waals surface area contributed by atoms with Crippen LogP contribution < -0.4 is 5.32 Å². The Balaban J connectivity index is 2.34. The lowest BCUT2D eigenvalue weighted by atomic mass is 10.2. The highest BCUT2D eigenvalue weighted by Crippen LogP contribution is 2.18. The molecule has 1 atom stereocenters. The smallest absolute Gasteiger partial charge is 0.325 e. The largest absolute Gasteiger partial charge is 0.480 e. The normalized spacial score (nSPS) is 12.3. The molecule has 0 spiro atoms. The van der Waals surface area contributed by atoms with Gasteiger partial charge < -0.3 is 15.0 Å². The van der Waals surface area contributed by atoms with E-state index in [-0.39, 0.29) is 5.91 Å². The summed E-state index contributed by atoms with van der Waals surface area (Å²) in [5.41, 5.74) is 1.38. The summed E-state index contributed by atoms with van der Waals surface area (Å²) < 4.78 is 1.75. The van der Waals surface area contributed by atoms with Crippen LogP contribution in [0.4, 0.5) is 0 Å². The number of carbonyl (C=O) groups is 2. The van der Waals surface area contributed by atoms with E-state index in [9.17, 15) is 9.59 Å². The Hall–Kier alpha value is -2.30. The van der Waals surface area contributed by atoms with Crippen LogP contribution in [0.5, 0.6) is 0 Å². The van der Waals surface area contributed by atoms with E-state index in [0.29, 0.717) is 5.69 Å². The van der Waals surface area contributed by atoms with Gasteiger partial charge in [0.2, 0.25) is 0 Å². The molecular formula is C13H14N2O3. The fraction of sp³-hybridized carbons (Fsp3) is 0.231. The first-order chi connectivity index (χ1) is 8.50. The zero-order valence-corrected chi connectivity index (χ0v) is 10.2. The molecule has 0 saturated heterocycles. The number of nitrogens with zero attached hydrogens (tertiary/aromatic N) is 1. The van der Waals surface area contributed by atoms with Gasteiger partial charge in [0.25, 0.3) is 5.91 Å². The molecule has 1 heterocycles. The minimum atomic E-state index is -1.05. The molecule has 2 N–H and O–H groups in total. The molecule has 1 amide bonds. The highest BCUT2D eigenvalue weighted by molar-refractivity contribution is 6.00. The van der Waals surface area contributed by atoms with Crippen molar-refractivity contribution in [3.8, 4) is 0 Å². The number of hydrogen-bond acceptors (Lipinski definition) is 2. The van der Waals surface area contributed by atoms with E-state index in [4.69, 9.17) is 5.11 Å². The van der Waals surface area contributed by atoms with Crippen LogP contribution in [-0.4, -0.2) is 27.6 Å². The molecule has 0 unspecified atom stereocenters. The summed E-state index contributed by atoms with van der Waals surface area (Å²) in [6, 6.07) is 8.45. The predicted molar refractivity (Wildman–Crippen MR) is 67.5 cm³/mol. The molecule has 94 valence electrons. The molecule has 1 aromatic heterocycles. The Morgan fingerprint density at radius 3 is 2.61 bits per heavy atom. The van der Waals surface area contributed by atoms with E-state index in [0.717, 1.165) is 10.9 Å². The second kappa shape index (κ2) is 4.52. The Bertz CT molecular complexity index is 616. The first-order valence-corrected chi connectivity index (χ1v) is 5.59. The first kappa shape index (κ1) is 12.2. The summed E-state index contributed by atoms with van der Waals surface area (Å²) in [5, 5.41) is 12.2. The number of carboxylic acid groups (broad SMARTS) is 1. The van der Waals surface area contributed by atoms with Crippen molar-refractivity contribution in [2.75, 3.05) is 0 Å². The van der Waals surface area contributed by atoms with Gasteiger partial charge in [0.15, 0.2) is 0 Å². The highest BCUT2D eigenvalue weighted by atomic mass is 16.4. The first-order valence-electron chi connectivity index (χ1n) is 5.59. The second-order valence-electron chi connectivity index (χ2n) is 4.18. The lowest BCUT2D eigenvalue weighted by molar-refractivity contribution is -0.138. The molecule has 0 bridgehead atoms. The summed E-state index contributed by atoms with van der Waals surface area (Å²) in [4.78, 5) is 22.7. The van der Waals surface area contributed by atoms with Gasteiger partial charge in [0.05, 0.1) is 0 Å².